The Morgan fingerprint density at radius 3 is 2.31 bits per heavy atom. The van der Waals surface area contributed by atoms with E-state index in [0.717, 1.165) is 5.56 Å². The van der Waals surface area contributed by atoms with Gasteiger partial charge in [0.2, 0.25) is 0 Å². The van der Waals surface area contributed by atoms with Crippen LogP contribution in [0.25, 0.3) is 6.08 Å². The molecule has 1 saturated heterocycles. The fourth-order valence-corrected chi connectivity index (χ4v) is 3.26. The maximum atomic E-state index is 12.4. The standard InChI is InChI=1S/C20H14F3NO4S/c21-20(22,23)17(25)11-24-18(26)16(29-19(24)27)10-13-6-8-15(9-7-13)28-12-14-4-2-1-3-5-14/h1-10H,11-12H2/b16-10-. The van der Waals surface area contributed by atoms with E-state index in [1.165, 1.54) is 6.08 Å². The third-order valence-corrected chi connectivity index (χ3v) is 4.83. The fourth-order valence-electron chi connectivity index (χ4n) is 2.42. The first-order valence-corrected chi connectivity index (χ1v) is 9.18. The van der Waals surface area contributed by atoms with Crippen LogP contribution in [0.15, 0.2) is 59.5 Å². The second-order valence-corrected chi connectivity index (χ2v) is 7.03. The molecule has 0 N–H and O–H groups in total. The minimum Gasteiger partial charge on any atom is -0.489 e. The third-order valence-electron chi connectivity index (χ3n) is 3.92. The molecule has 9 heteroatoms. The lowest BCUT2D eigenvalue weighted by atomic mass is 10.2. The molecule has 0 aromatic heterocycles. The van der Waals surface area contributed by atoms with Gasteiger partial charge in [0.25, 0.3) is 16.9 Å². The molecule has 0 unspecified atom stereocenters. The summed E-state index contributed by atoms with van der Waals surface area (Å²) in [6.07, 6.45) is -3.72. The first-order valence-electron chi connectivity index (χ1n) is 8.36. The number of Topliss-reactive ketones (excluding diaryl/α,β-unsaturated/α-hetero) is 1. The Bertz CT molecular complexity index is 956. The second kappa shape index (κ2) is 8.52. The lowest BCUT2D eigenvalue weighted by Gasteiger charge is -2.12. The highest BCUT2D eigenvalue weighted by molar-refractivity contribution is 8.18. The molecule has 0 radical (unpaired) electrons. The minimum absolute atomic E-state index is 0.0528. The number of benzene rings is 2. The van der Waals surface area contributed by atoms with Crippen LogP contribution < -0.4 is 4.74 Å². The summed E-state index contributed by atoms with van der Waals surface area (Å²) in [6, 6.07) is 16.2. The zero-order valence-electron chi connectivity index (χ0n) is 14.8. The number of carbonyl (C=O) groups excluding carboxylic acids is 3. The highest BCUT2D eigenvalue weighted by Gasteiger charge is 2.44. The van der Waals surface area contributed by atoms with Crippen molar-refractivity contribution < 1.29 is 32.3 Å². The third kappa shape index (κ3) is 5.26. The van der Waals surface area contributed by atoms with E-state index < -0.39 is 29.7 Å². The maximum absolute atomic E-state index is 12.4. The number of thioether (sulfide) groups is 1. The van der Waals surface area contributed by atoms with Gasteiger partial charge in [-0.25, -0.2) is 0 Å². The molecular formula is C20H14F3NO4S. The molecule has 0 aliphatic carbocycles. The van der Waals surface area contributed by atoms with E-state index in [-0.39, 0.29) is 4.91 Å². The molecular weight excluding hydrogens is 407 g/mol. The van der Waals surface area contributed by atoms with Crippen LogP contribution in [0.4, 0.5) is 18.0 Å². The molecule has 150 valence electrons. The maximum Gasteiger partial charge on any atom is 0.451 e. The quantitative estimate of drug-likeness (QED) is 0.646. The van der Waals surface area contributed by atoms with Crippen molar-refractivity contribution in [2.24, 2.45) is 0 Å². The van der Waals surface area contributed by atoms with Gasteiger partial charge in [0, 0.05) is 0 Å². The number of hydrogen-bond donors (Lipinski definition) is 0. The summed E-state index contributed by atoms with van der Waals surface area (Å²) in [4.78, 5) is 35.3. The summed E-state index contributed by atoms with van der Waals surface area (Å²) >= 11 is 0.489. The Morgan fingerprint density at radius 1 is 1.03 bits per heavy atom. The summed E-state index contributed by atoms with van der Waals surface area (Å²) < 4.78 is 42.8. The Kier molecular flexibility index (Phi) is 6.07. The van der Waals surface area contributed by atoms with E-state index in [1.807, 2.05) is 30.3 Å². The summed E-state index contributed by atoms with van der Waals surface area (Å²) in [7, 11) is 0. The van der Waals surface area contributed by atoms with Gasteiger partial charge in [0.1, 0.15) is 12.4 Å². The van der Waals surface area contributed by atoms with Crippen LogP contribution in [0.1, 0.15) is 11.1 Å². The lowest BCUT2D eigenvalue weighted by molar-refractivity contribution is -0.171. The van der Waals surface area contributed by atoms with Crippen LogP contribution in [-0.2, 0) is 16.2 Å². The van der Waals surface area contributed by atoms with Crippen molar-refractivity contribution in [2.45, 2.75) is 12.8 Å². The molecule has 0 spiro atoms. The molecule has 3 rings (SSSR count). The number of halogens is 3. The van der Waals surface area contributed by atoms with Gasteiger partial charge in [-0.1, -0.05) is 42.5 Å². The molecule has 2 amide bonds. The van der Waals surface area contributed by atoms with Gasteiger partial charge < -0.3 is 4.74 Å². The Balaban J connectivity index is 1.64. The minimum atomic E-state index is -5.10. The molecule has 0 bridgehead atoms. The fraction of sp³-hybridized carbons (Fsp3) is 0.150. The average Bonchev–Trinajstić information content (AvgIpc) is 2.95. The number of imide groups is 1. The number of rotatable bonds is 6. The number of amides is 2. The van der Waals surface area contributed by atoms with Gasteiger partial charge in [0.15, 0.2) is 0 Å². The predicted octanol–water partition coefficient (Wildman–Crippen LogP) is 4.43. The molecule has 29 heavy (non-hydrogen) atoms. The summed E-state index contributed by atoms with van der Waals surface area (Å²) in [5.74, 6) is -2.49. The highest BCUT2D eigenvalue weighted by atomic mass is 32.2. The van der Waals surface area contributed by atoms with Crippen molar-refractivity contribution in [2.75, 3.05) is 6.54 Å². The first kappa shape index (κ1) is 20.7. The van der Waals surface area contributed by atoms with Gasteiger partial charge in [-0.2, -0.15) is 13.2 Å². The van der Waals surface area contributed by atoms with Crippen molar-refractivity contribution in [1.82, 2.24) is 4.90 Å². The van der Waals surface area contributed by atoms with Crippen molar-refractivity contribution in [3.8, 4) is 5.75 Å². The molecule has 2 aromatic carbocycles. The largest absolute Gasteiger partial charge is 0.489 e. The highest BCUT2D eigenvalue weighted by Crippen LogP contribution is 2.33. The van der Waals surface area contributed by atoms with Gasteiger partial charge in [-0.05, 0) is 41.1 Å². The van der Waals surface area contributed by atoms with Crippen LogP contribution in [0.5, 0.6) is 5.75 Å². The van der Waals surface area contributed by atoms with E-state index in [9.17, 15) is 27.6 Å². The van der Waals surface area contributed by atoms with Crippen LogP contribution in [0.2, 0.25) is 0 Å². The van der Waals surface area contributed by atoms with Crippen molar-refractivity contribution in [1.29, 1.82) is 0 Å². The topological polar surface area (TPSA) is 63.7 Å². The SMILES string of the molecule is O=C1S/C(=C\c2ccc(OCc3ccccc3)cc2)C(=O)N1CC(=O)C(F)(F)F. The Morgan fingerprint density at radius 2 is 1.69 bits per heavy atom. The molecule has 0 atom stereocenters. The van der Waals surface area contributed by atoms with Crippen LogP contribution in [-0.4, -0.2) is 34.6 Å². The molecule has 1 fully saturated rings. The summed E-state index contributed by atoms with van der Waals surface area (Å²) in [6.45, 7) is -0.940. The monoisotopic (exact) mass is 421 g/mol. The smallest absolute Gasteiger partial charge is 0.451 e. The summed E-state index contributed by atoms with van der Waals surface area (Å²) in [5.41, 5.74) is 1.56. The van der Waals surface area contributed by atoms with Gasteiger partial charge in [-0.15, -0.1) is 0 Å². The summed E-state index contributed by atoms with van der Waals surface area (Å²) in [5, 5.41) is -0.915. The van der Waals surface area contributed by atoms with E-state index in [1.54, 1.807) is 24.3 Å². The zero-order valence-corrected chi connectivity index (χ0v) is 15.6. The first-order chi connectivity index (χ1) is 13.7. The lowest BCUT2D eigenvalue weighted by Crippen LogP contribution is -2.39. The molecule has 5 nitrogen and oxygen atoms in total. The van der Waals surface area contributed by atoms with Gasteiger partial charge in [0.05, 0.1) is 11.4 Å². The van der Waals surface area contributed by atoms with Crippen LogP contribution >= 0.6 is 11.8 Å². The molecule has 2 aromatic rings. The van der Waals surface area contributed by atoms with E-state index in [0.29, 0.717) is 34.6 Å². The Labute approximate surface area is 168 Å². The number of hydrogen-bond acceptors (Lipinski definition) is 5. The number of carbonyl (C=O) groups is 3. The molecule has 0 saturated carbocycles. The van der Waals surface area contributed by atoms with Crippen molar-refractivity contribution >= 4 is 34.8 Å². The van der Waals surface area contributed by atoms with Crippen LogP contribution in [0.3, 0.4) is 0 Å². The number of alkyl halides is 3. The van der Waals surface area contributed by atoms with Crippen LogP contribution in [0, 0.1) is 0 Å². The number of ether oxygens (including phenoxy) is 1. The number of ketones is 1. The molecule has 1 heterocycles. The van der Waals surface area contributed by atoms with E-state index in [4.69, 9.17) is 4.74 Å². The van der Waals surface area contributed by atoms with Crippen molar-refractivity contribution in [3.63, 3.8) is 0 Å². The van der Waals surface area contributed by atoms with Crippen molar-refractivity contribution in [3.05, 3.63) is 70.6 Å². The van der Waals surface area contributed by atoms with Gasteiger partial charge >= 0.3 is 6.18 Å². The zero-order chi connectivity index (χ0) is 21.0. The average molecular weight is 421 g/mol. The Hall–Kier alpha value is -3.07. The molecule has 1 aliphatic rings. The predicted molar refractivity (Wildman–Crippen MR) is 101 cm³/mol. The second-order valence-electron chi connectivity index (χ2n) is 6.03. The molecule has 1 aliphatic heterocycles. The van der Waals surface area contributed by atoms with E-state index >= 15 is 0 Å². The van der Waals surface area contributed by atoms with E-state index in [2.05, 4.69) is 0 Å². The normalized spacial score (nSPS) is 15.8. The number of nitrogens with zero attached hydrogens (tertiary/aromatic N) is 1. The van der Waals surface area contributed by atoms with Gasteiger partial charge in [-0.3, -0.25) is 19.3 Å².